The van der Waals surface area contributed by atoms with E-state index in [1.165, 1.54) is 5.56 Å². The van der Waals surface area contributed by atoms with Crippen LogP contribution in [0.15, 0.2) is 48.8 Å². The van der Waals surface area contributed by atoms with Gasteiger partial charge in [0.1, 0.15) is 5.75 Å². The van der Waals surface area contributed by atoms with Crippen LogP contribution in [0.2, 0.25) is 0 Å². The fraction of sp³-hybridized carbons (Fsp3) is 0.360. The number of ether oxygens (including phenoxy) is 2. The van der Waals surface area contributed by atoms with Crippen molar-refractivity contribution in [2.24, 2.45) is 0 Å². The van der Waals surface area contributed by atoms with E-state index in [4.69, 9.17) is 9.47 Å². The average molecular weight is 420 g/mol. The number of aromatic nitrogens is 2. The monoisotopic (exact) mass is 419 g/mol. The summed E-state index contributed by atoms with van der Waals surface area (Å²) in [5.74, 6) is 1.72. The molecule has 1 atom stereocenters. The minimum atomic E-state index is 0.0252. The van der Waals surface area contributed by atoms with Crippen LogP contribution < -0.4 is 14.4 Å². The number of anilines is 1. The molecular weight excluding hydrogens is 390 g/mol. The number of hydrogen-bond acceptors (Lipinski definition) is 4. The Hall–Kier alpha value is -3.28. The van der Waals surface area contributed by atoms with Crippen molar-refractivity contribution in [2.75, 3.05) is 18.1 Å². The minimum Gasteiger partial charge on any atom is -0.493 e. The molecule has 4 rings (SSSR count). The first-order valence-corrected chi connectivity index (χ1v) is 10.8. The molecule has 0 spiro atoms. The molecule has 6 nitrogen and oxygen atoms in total. The summed E-state index contributed by atoms with van der Waals surface area (Å²) in [4.78, 5) is 15.0. The third-order valence-corrected chi connectivity index (χ3v) is 5.82. The molecular formula is C25H29N3O3. The first-order chi connectivity index (χ1) is 15.0. The van der Waals surface area contributed by atoms with E-state index >= 15 is 0 Å². The van der Waals surface area contributed by atoms with E-state index in [0.29, 0.717) is 26.0 Å². The number of rotatable bonds is 6. The zero-order valence-electron chi connectivity index (χ0n) is 18.4. The van der Waals surface area contributed by atoms with Gasteiger partial charge in [0, 0.05) is 36.7 Å². The largest absolute Gasteiger partial charge is 0.493 e. The van der Waals surface area contributed by atoms with Crippen molar-refractivity contribution >= 4 is 11.6 Å². The average Bonchev–Trinajstić information content (AvgIpc) is 3.23. The summed E-state index contributed by atoms with van der Waals surface area (Å²) < 4.78 is 12.2. The van der Waals surface area contributed by atoms with Crippen LogP contribution in [0.25, 0.3) is 11.1 Å². The number of hydrogen-bond donors (Lipinski definition) is 1. The third-order valence-electron chi connectivity index (χ3n) is 5.82. The summed E-state index contributed by atoms with van der Waals surface area (Å²) in [5, 5.41) is 6.91. The number of amides is 1. The molecule has 1 amide bonds. The number of carbonyl (C=O) groups excluding carboxylic acids is 1. The fourth-order valence-electron chi connectivity index (χ4n) is 3.86. The van der Waals surface area contributed by atoms with E-state index in [2.05, 4.69) is 30.1 Å². The molecule has 0 bridgehead atoms. The standard InChI is InChI=1S/C25H29N3O3/c1-17-7-4-10-23(19(17)3)30-14-6-11-24(29)28-13-12-18(2)31-25-21(8-5-9-22(25)28)20-15-26-27-16-20/h4-5,7-10,15-16,18H,6,11-14H2,1-3H3,(H,26,27). The van der Waals surface area contributed by atoms with Gasteiger partial charge < -0.3 is 14.4 Å². The Morgan fingerprint density at radius 2 is 2.10 bits per heavy atom. The molecule has 0 radical (unpaired) electrons. The van der Waals surface area contributed by atoms with E-state index in [1.807, 2.05) is 48.4 Å². The van der Waals surface area contributed by atoms with Gasteiger partial charge in [-0.3, -0.25) is 9.89 Å². The van der Waals surface area contributed by atoms with Crippen molar-refractivity contribution in [1.82, 2.24) is 10.2 Å². The van der Waals surface area contributed by atoms with Crippen molar-refractivity contribution in [2.45, 2.75) is 46.1 Å². The van der Waals surface area contributed by atoms with Crippen LogP contribution in [0.5, 0.6) is 11.5 Å². The number of aromatic amines is 1. The van der Waals surface area contributed by atoms with Crippen LogP contribution in [0.4, 0.5) is 5.69 Å². The van der Waals surface area contributed by atoms with Gasteiger partial charge in [0.15, 0.2) is 5.75 Å². The maximum absolute atomic E-state index is 13.1. The van der Waals surface area contributed by atoms with Crippen molar-refractivity contribution in [3.63, 3.8) is 0 Å². The van der Waals surface area contributed by atoms with E-state index in [0.717, 1.165) is 40.3 Å². The first kappa shape index (κ1) is 21.0. The van der Waals surface area contributed by atoms with Gasteiger partial charge in [0.25, 0.3) is 0 Å². The highest BCUT2D eigenvalue weighted by Gasteiger charge is 2.27. The summed E-state index contributed by atoms with van der Waals surface area (Å²) in [6.07, 6.45) is 5.50. The Morgan fingerprint density at radius 3 is 2.90 bits per heavy atom. The second-order valence-electron chi connectivity index (χ2n) is 8.05. The maximum Gasteiger partial charge on any atom is 0.227 e. The second-order valence-corrected chi connectivity index (χ2v) is 8.05. The lowest BCUT2D eigenvalue weighted by Gasteiger charge is -2.23. The quantitative estimate of drug-likeness (QED) is 0.567. The third kappa shape index (κ3) is 4.58. The number of H-pyrrole nitrogens is 1. The number of nitrogens with zero attached hydrogens (tertiary/aromatic N) is 2. The van der Waals surface area contributed by atoms with Crippen molar-refractivity contribution < 1.29 is 14.3 Å². The highest BCUT2D eigenvalue weighted by molar-refractivity contribution is 5.96. The Morgan fingerprint density at radius 1 is 1.26 bits per heavy atom. The van der Waals surface area contributed by atoms with Gasteiger partial charge in [0.05, 0.1) is 24.6 Å². The maximum atomic E-state index is 13.1. The van der Waals surface area contributed by atoms with Crippen LogP contribution in [0, 0.1) is 13.8 Å². The number of para-hydroxylation sites is 1. The summed E-state index contributed by atoms with van der Waals surface area (Å²) in [6, 6.07) is 12.0. The lowest BCUT2D eigenvalue weighted by Crippen LogP contribution is -2.32. The summed E-state index contributed by atoms with van der Waals surface area (Å²) in [6.45, 7) is 7.33. The molecule has 1 N–H and O–H groups in total. The predicted molar refractivity (Wildman–Crippen MR) is 122 cm³/mol. The van der Waals surface area contributed by atoms with Crippen LogP contribution in [-0.4, -0.2) is 35.4 Å². The van der Waals surface area contributed by atoms with Crippen LogP contribution >= 0.6 is 0 Å². The van der Waals surface area contributed by atoms with E-state index < -0.39 is 0 Å². The van der Waals surface area contributed by atoms with E-state index in [9.17, 15) is 4.79 Å². The molecule has 0 aliphatic carbocycles. The fourth-order valence-corrected chi connectivity index (χ4v) is 3.86. The molecule has 2 heterocycles. The molecule has 3 aromatic rings. The molecule has 0 saturated carbocycles. The number of carbonyl (C=O) groups is 1. The normalized spacial score (nSPS) is 15.7. The van der Waals surface area contributed by atoms with Gasteiger partial charge in [-0.15, -0.1) is 0 Å². The smallest absolute Gasteiger partial charge is 0.227 e. The van der Waals surface area contributed by atoms with E-state index in [1.54, 1.807) is 6.20 Å². The molecule has 0 saturated heterocycles. The highest BCUT2D eigenvalue weighted by Crippen LogP contribution is 2.41. The van der Waals surface area contributed by atoms with Crippen LogP contribution in [0.1, 0.15) is 37.3 Å². The molecule has 1 unspecified atom stereocenters. The van der Waals surface area contributed by atoms with Gasteiger partial charge in [-0.1, -0.05) is 24.3 Å². The lowest BCUT2D eigenvalue weighted by atomic mass is 10.1. The molecule has 0 fully saturated rings. The van der Waals surface area contributed by atoms with Crippen molar-refractivity contribution in [3.8, 4) is 22.6 Å². The van der Waals surface area contributed by atoms with Crippen molar-refractivity contribution in [1.29, 1.82) is 0 Å². The molecule has 2 aromatic carbocycles. The molecule has 31 heavy (non-hydrogen) atoms. The van der Waals surface area contributed by atoms with Crippen molar-refractivity contribution in [3.05, 3.63) is 59.9 Å². The topological polar surface area (TPSA) is 67.4 Å². The van der Waals surface area contributed by atoms with E-state index in [-0.39, 0.29) is 12.0 Å². The van der Waals surface area contributed by atoms with Gasteiger partial charge in [-0.2, -0.15) is 5.10 Å². The zero-order chi connectivity index (χ0) is 21.8. The van der Waals surface area contributed by atoms with Gasteiger partial charge >= 0.3 is 0 Å². The highest BCUT2D eigenvalue weighted by atomic mass is 16.5. The Kier molecular flexibility index (Phi) is 6.26. The van der Waals surface area contributed by atoms with Crippen LogP contribution in [-0.2, 0) is 4.79 Å². The Bertz CT molecular complexity index is 1050. The number of aryl methyl sites for hydroxylation is 1. The van der Waals surface area contributed by atoms with Gasteiger partial charge in [-0.05, 0) is 50.5 Å². The number of nitrogens with one attached hydrogen (secondary N) is 1. The minimum absolute atomic E-state index is 0.0252. The molecule has 6 heteroatoms. The summed E-state index contributed by atoms with van der Waals surface area (Å²) in [5.41, 5.74) is 5.06. The Balaban J connectivity index is 1.46. The lowest BCUT2D eigenvalue weighted by molar-refractivity contribution is -0.118. The predicted octanol–water partition coefficient (Wildman–Crippen LogP) is 5.06. The molecule has 1 aliphatic rings. The first-order valence-electron chi connectivity index (χ1n) is 10.8. The Labute approximate surface area is 183 Å². The van der Waals surface area contributed by atoms with Gasteiger partial charge in [0.2, 0.25) is 5.91 Å². The molecule has 162 valence electrons. The summed E-state index contributed by atoms with van der Waals surface area (Å²) in [7, 11) is 0. The molecule has 1 aliphatic heterocycles. The zero-order valence-corrected chi connectivity index (χ0v) is 18.4. The van der Waals surface area contributed by atoms with Crippen LogP contribution in [0.3, 0.4) is 0 Å². The van der Waals surface area contributed by atoms with Gasteiger partial charge in [-0.25, -0.2) is 0 Å². The SMILES string of the molecule is Cc1cccc(OCCCC(=O)N2CCC(C)Oc3c(-c4cn[nH]c4)cccc32)c1C. The summed E-state index contributed by atoms with van der Waals surface area (Å²) >= 11 is 0. The second kappa shape index (κ2) is 9.25. The molecule has 1 aromatic heterocycles. The number of benzene rings is 2. The number of fused-ring (bicyclic) bond motifs is 1.